The summed E-state index contributed by atoms with van der Waals surface area (Å²) < 4.78 is 11.4. The summed E-state index contributed by atoms with van der Waals surface area (Å²) in [6.07, 6.45) is 2.54. The largest absolute Gasteiger partial charge is 0.380 e. The van der Waals surface area contributed by atoms with Crippen molar-refractivity contribution in [1.29, 1.82) is 0 Å². The zero-order valence-electron chi connectivity index (χ0n) is 25.9. The molecule has 5 rings (SSSR count). The molecule has 3 aliphatic heterocycles. The molecule has 12 nitrogen and oxygen atoms in total. The minimum atomic E-state index is -1.21. The lowest BCUT2D eigenvalue weighted by Crippen LogP contribution is -2.63. The summed E-state index contributed by atoms with van der Waals surface area (Å²) in [5.41, 5.74) is 3.73. The molecule has 3 spiro atoms. The number of hydrogen-bond donors (Lipinski definition) is 5. The molecular formula is C30H49N5O7. The summed E-state index contributed by atoms with van der Waals surface area (Å²) in [6.45, 7) is 14.1. The Morgan fingerprint density at radius 2 is 1.52 bits per heavy atom. The molecule has 236 valence electrons. The zero-order valence-corrected chi connectivity index (χ0v) is 25.9. The SMILES string of the molecule is CC(C)(C)NC(=O)N[C@H](C(O)N1CC2(C[C@H]1C(=O)NC(CC1CCC1)C(=O)C(N)=O)C1(COC1)C21COC1)C(C)(C)C. The number of rotatable bonds is 9. The van der Waals surface area contributed by atoms with Crippen LogP contribution in [-0.2, 0) is 23.9 Å². The maximum absolute atomic E-state index is 14.1. The highest BCUT2D eigenvalue weighted by Crippen LogP contribution is 2.86. The molecule has 6 N–H and O–H groups in total. The van der Waals surface area contributed by atoms with Gasteiger partial charge in [0.1, 0.15) is 6.23 Å². The average molecular weight is 592 g/mol. The first-order valence-corrected chi connectivity index (χ1v) is 15.3. The van der Waals surface area contributed by atoms with Gasteiger partial charge in [-0.15, -0.1) is 0 Å². The van der Waals surface area contributed by atoms with E-state index in [1.165, 1.54) is 0 Å². The van der Waals surface area contributed by atoms with Crippen molar-refractivity contribution in [3.8, 4) is 0 Å². The number of carbonyl (C=O) groups excluding carboxylic acids is 4. The molecule has 4 amide bonds. The Kier molecular flexibility index (Phi) is 7.73. The molecule has 0 bridgehead atoms. The molecule has 12 heteroatoms. The van der Waals surface area contributed by atoms with Crippen LogP contribution in [0.3, 0.4) is 0 Å². The number of nitrogens with two attached hydrogens (primary N) is 1. The first kappa shape index (κ1) is 31.2. The van der Waals surface area contributed by atoms with E-state index in [9.17, 15) is 24.3 Å². The Morgan fingerprint density at radius 3 is 1.93 bits per heavy atom. The van der Waals surface area contributed by atoms with Gasteiger partial charge < -0.3 is 36.3 Å². The van der Waals surface area contributed by atoms with E-state index >= 15 is 0 Å². The van der Waals surface area contributed by atoms with Crippen LogP contribution in [0.5, 0.6) is 0 Å². The highest BCUT2D eigenvalue weighted by Gasteiger charge is 2.92. The number of primary amides is 1. The lowest BCUT2D eigenvalue weighted by Gasteiger charge is -2.41. The molecule has 2 saturated carbocycles. The van der Waals surface area contributed by atoms with Crippen LogP contribution in [-0.4, -0.2) is 96.5 Å². The molecule has 0 aromatic rings. The van der Waals surface area contributed by atoms with Gasteiger partial charge >= 0.3 is 6.03 Å². The molecular weight excluding hydrogens is 542 g/mol. The van der Waals surface area contributed by atoms with Crippen LogP contribution in [0.4, 0.5) is 4.79 Å². The molecule has 0 aromatic carbocycles. The molecule has 2 aliphatic carbocycles. The fourth-order valence-corrected chi connectivity index (χ4v) is 8.06. The number of ether oxygens (including phenoxy) is 2. The minimum absolute atomic E-state index is 0.131. The van der Waals surface area contributed by atoms with Crippen LogP contribution in [0.15, 0.2) is 0 Å². The van der Waals surface area contributed by atoms with Crippen molar-refractivity contribution >= 4 is 23.6 Å². The Labute approximate surface area is 248 Å². The van der Waals surface area contributed by atoms with Crippen molar-refractivity contribution in [2.24, 2.45) is 33.3 Å². The minimum Gasteiger partial charge on any atom is -0.380 e. The van der Waals surface area contributed by atoms with Gasteiger partial charge in [0.05, 0.1) is 44.6 Å². The summed E-state index contributed by atoms with van der Waals surface area (Å²) in [7, 11) is 0. The number of ketones is 1. The molecule has 0 radical (unpaired) electrons. The van der Waals surface area contributed by atoms with Crippen molar-refractivity contribution < 1.29 is 33.8 Å². The zero-order chi connectivity index (χ0) is 30.9. The maximum Gasteiger partial charge on any atom is 0.315 e. The van der Waals surface area contributed by atoms with Gasteiger partial charge in [-0.3, -0.25) is 19.3 Å². The fraction of sp³-hybridized carbons (Fsp3) is 0.867. The number of hydrogen-bond acceptors (Lipinski definition) is 8. The third kappa shape index (κ3) is 4.92. The number of nitrogens with one attached hydrogen (secondary N) is 3. The number of carbonyl (C=O) groups is 4. The summed E-state index contributed by atoms with van der Waals surface area (Å²) >= 11 is 0. The van der Waals surface area contributed by atoms with Crippen molar-refractivity contribution in [3.63, 3.8) is 0 Å². The van der Waals surface area contributed by atoms with Crippen LogP contribution < -0.4 is 21.7 Å². The first-order chi connectivity index (χ1) is 19.5. The van der Waals surface area contributed by atoms with Gasteiger partial charge in [0, 0.05) is 28.3 Å². The highest BCUT2D eigenvalue weighted by molar-refractivity contribution is 6.37. The Balaban J connectivity index is 1.43. The summed E-state index contributed by atoms with van der Waals surface area (Å²) in [4.78, 5) is 53.5. The molecule has 4 atom stereocenters. The van der Waals surface area contributed by atoms with E-state index in [1.807, 2.05) is 41.5 Å². The normalized spacial score (nSPS) is 27.7. The summed E-state index contributed by atoms with van der Waals surface area (Å²) in [6, 6.07) is -2.95. The van der Waals surface area contributed by atoms with Crippen molar-refractivity contribution in [2.45, 2.75) is 104 Å². The van der Waals surface area contributed by atoms with E-state index in [4.69, 9.17) is 15.2 Å². The van der Waals surface area contributed by atoms with Crippen molar-refractivity contribution in [1.82, 2.24) is 20.9 Å². The van der Waals surface area contributed by atoms with Crippen molar-refractivity contribution in [2.75, 3.05) is 33.0 Å². The van der Waals surface area contributed by atoms with Crippen LogP contribution in [0, 0.1) is 27.6 Å². The monoisotopic (exact) mass is 591 g/mol. The van der Waals surface area contributed by atoms with E-state index in [-0.39, 0.29) is 22.2 Å². The number of aliphatic hydroxyl groups is 1. The number of urea groups is 1. The van der Waals surface area contributed by atoms with Crippen molar-refractivity contribution in [3.05, 3.63) is 0 Å². The number of amides is 4. The van der Waals surface area contributed by atoms with E-state index in [0.29, 0.717) is 45.8 Å². The molecule has 5 fully saturated rings. The lowest BCUT2D eigenvalue weighted by molar-refractivity contribution is -0.142. The first-order valence-electron chi connectivity index (χ1n) is 15.3. The smallest absolute Gasteiger partial charge is 0.315 e. The van der Waals surface area contributed by atoms with E-state index in [0.717, 1.165) is 19.3 Å². The Bertz CT molecular complexity index is 1100. The molecule has 2 unspecified atom stereocenters. The second-order valence-corrected chi connectivity index (χ2v) is 15.6. The number of Topliss-reactive ketones (excluding diaryl/α,β-unsaturated/α-hetero) is 1. The Hall–Kier alpha value is -2.28. The average Bonchev–Trinajstić information content (AvgIpc) is 3.12. The van der Waals surface area contributed by atoms with Gasteiger partial charge in [0.25, 0.3) is 5.91 Å². The number of nitrogens with zero attached hydrogens (tertiary/aromatic N) is 1. The third-order valence-electron chi connectivity index (χ3n) is 10.8. The molecule has 3 heterocycles. The lowest BCUT2D eigenvalue weighted by atomic mass is 9.80. The van der Waals surface area contributed by atoms with Crippen LogP contribution in [0.2, 0.25) is 0 Å². The number of likely N-dealkylation sites (tertiary alicyclic amines) is 1. The molecule has 3 saturated heterocycles. The standard InChI is InChI=1S/C30H49N5O7/c1-26(2,3)21(33-25(40)34-27(4,5)6)24(39)35-12-28(29(13-41-14-29)30(28)15-42-16-30)11-19(35)23(38)32-18(20(36)22(31)37)10-17-8-7-9-17/h17-19,21,24,39H,7-16H2,1-6H3,(H2,31,37)(H,32,38)(H2,33,34,40)/t18?,19-,21+,24?/m0/s1. The molecule has 5 aliphatic rings. The second-order valence-electron chi connectivity index (χ2n) is 15.6. The van der Waals surface area contributed by atoms with Gasteiger partial charge in [0.2, 0.25) is 11.7 Å². The number of aliphatic hydroxyl groups excluding tert-OH is 1. The van der Waals surface area contributed by atoms with Gasteiger partial charge in [-0.1, -0.05) is 40.0 Å². The van der Waals surface area contributed by atoms with Gasteiger partial charge in [-0.25, -0.2) is 4.79 Å². The summed E-state index contributed by atoms with van der Waals surface area (Å²) in [5.74, 6) is -2.04. The second kappa shape index (κ2) is 10.4. The van der Waals surface area contributed by atoms with Crippen LogP contribution in [0.1, 0.15) is 73.6 Å². The number of fused-ring (bicyclic) bond motifs is 3. The Morgan fingerprint density at radius 1 is 0.952 bits per heavy atom. The fourth-order valence-electron chi connectivity index (χ4n) is 8.06. The molecule has 0 aromatic heterocycles. The topological polar surface area (TPSA) is 172 Å². The van der Waals surface area contributed by atoms with Gasteiger partial charge in [-0.05, 0) is 44.9 Å². The predicted octanol–water partition coefficient (Wildman–Crippen LogP) is 0.654. The maximum atomic E-state index is 14.1. The summed E-state index contributed by atoms with van der Waals surface area (Å²) in [5, 5.41) is 20.7. The quantitative estimate of drug-likeness (QED) is 0.243. The van der Waals surface area contributed by atoms with Crippen LogP contribution >= 0.6 is 0 Å². The highest BCUT2D eigenvalue weighted by atomic mass is 16.5. The van der Waals surface area contributed by atoms with Gasteiger partial charge in [0.15, 0.2) is 0 Å². The van der Waals surface area contributed by atoms with E-state index < -0.39 is 58.9 Å². The molecule has 42 heavy (non-hydrogen) atoms. The van der Waals surface area contributed by atoms with Gasteiger partial charge in [-0.2, -0.15) is 0 Å². The van der Waals surface area contributed by atoms with Crippen LogP contribution in [0.25, 0.3) is 0 Å². The predicted molar refractivity (Wildman–Crippen MR) is 153 cm³/mol. The van der Waals surface area contributed by atoms with E-state index in [2.05, 4.69) is 16.0 Å². The van der Waals surface area contributed by atoms with E-state index in [1.54, 1.807) is 4.90 Å². The third-order valence-corrected chi connectivity index (χ3v) is 10.8.